The molecule has 0 aliphatic rings. The summed E-state index contributed by atoms with van der Waals surface area (Å²) in [5, 5.41) is 21.4. The van der Waals surface area contributed by atoms with E-state index in [-0.39, 0.29) is 45.2 Å². The zero-order valence-electron chi connectivity index (χ0n) is 28.4. The molecular formula is C37H37N9O4. The maximum atomic E-state index is 12.9. The molecule has 0 saturated carbocycles. The number of aromatic amines is 1. The number of carbonyl (C=O) groups excluding carboxylic acids is 2. The Hall–Kier alpha value is -6.50. The maximum absolute atomic E-state index is 12.9. The SMILES string of the molecule is CCn1nc(-c2ccccc2)c(C(C)=O)c(Nc2ccn[nH]2)c1=O.CCn1nc(-c2ccccc2)c(C(C)=O)c(Nc2ncccc2C)c1=O. The minimum absolute atomic E-state index is 0.197. The van der Waals surface area contributed by atoms with Crippen molar-refractivity contribution in [1.82, 2.24) is 34.7 Å². The number of pyridine rings is 1. The molecule has 6 aromatic rings. The number of ketones is 2. The molecule has 0 aliphatic carbocycles. The molecule has 0 atom stereocenters. The molecule has 0 aliphatic heterocycles. The van der Waals surface area contributed by atoms with E-state index in [2.05, 4.69) is 36.0 Å². The van der Waals surface area contributed by atoms with Crippen molar-refractivity contribution >= 4 is 34.6 Å². The molecule has 4 heterocycles. The second-order valence-electron chi connectivity index (χ2n) is 11.2. The first-order valence-electron chi connectivity index (χ1n) is 16.0. The van der Waals surface area contributed by atoms with Crippen molar-refractivity contribution < 1.29 is 9.59 Å². The van der Waals surface area contributed by atoms with Gasteiger partial charge in [0, 0.05) is 36.5 Å². The minimum Gasteiger partial charge on any atom is -0.335 e. The van der Waals surface area contributed by atoms with Crippen LogP contribution in [0.5, 0.6) is 0 Å². The van der Waals surface area contributed by atoms with E-state index in [0.717, 1.165) is 16.7 Å². The van der Waals surface area contributed by atoms with E-state index in [0.29, 0.717) is 36.1 Å². The highest BCUT2D eigenvalue weighted by Crippen LogP contribution is 2.29. The van der Waals surface area contributed by atoms with Crippen LogP contribution in [0.3, 0.4) is 0 Å². The van der Waals surface area contributed by atoms with Crippen LogP contribution in [0.4, 0.5) is 23.0 Å². The Labute approximate surface area is 288 Å². The molecule has 0 unspecified atom stereocenters. The van der Waals surface area contributed by atoms with Crippen LogP contribution >= 0.6 is 0 Å². The molecule has 0 fully saturated rings. The predicted molar refractivity (Wildman–Crippen MR) is 193 cm³/mol. The fraction of sp³-hybridized carbons (Fsp3) is 0.189. The van der Waals surface area contributed by atoms with Crippen LogP contribution in [-0.4, -0.2) is 46.3 Å². The quantitative estimate of drug-likeness (QED) is 0.143. The number of aryl methyl sites for hydroxylation is 3. The molecular weight excluding hydrogens is 634 g/mol. The summed E-state index contributed by atoms with van der Waals surface area (Å²) in [5.41, 5.74) is 3.64. The summed E-state index contributed by atoms with van der Waals surface area (Å²) in [4.78, 5) is 54.6. The standard InChI is InChI=1S/C20H20N4O2.C17H17N5O2/c1-4-24-20(26)18(22-19-13(2)9-8-12-21-19)16(14(3)25)17(23-24)15-10-6-5-7-11-15;1-3-22-17(24)16(19-13-9-10-18-20-13)14(11(2)23)15(21-22)12-7-5-4-6-8-12/h5-12H,4H2,1-3H3,(H,21,22);4-10H,3H2,1-2H3,(H2,18,19,20). The lowest BCUT2D eigenvalue weighted by Crippen LogP contribution is -2.28. The van der Waals surface area contributed by atoms with Gasteiger partial charge in [-0.2, -0.15) is 15.3 Å². The topological polar surface area (TPSA) is 170 Å². The van der Waals surface area contributed by atoms with Crippen molar-refractivity contribution in [3.05, 3.63) is 129 Å². The van der Waals surface area contributed by atoms with E-state index in [1.807, 2.05) is 93.6 Å². The van der Waals surface area contributed by atoms with Gasteiger partial charge in [0.1, 0.15) is 34.4 Å². The van der Waals surface area contributed by atoms with Crippen LogP contribution in [0.15, 0.2) is 101 Å². The normalized spacial score (nSPS) is 10.6. The fourth-order valence-corrected chi connectivity index (χ4v) is 5.28. The van der Waals surface area contributed by atoms with E-state index < -0.39 is 0 Å². The van der Waals surface area contributed by atoms with Crippen LogP contribution in [0.25, 0.3) is 22.5 Å². The Kier molecular flexibility index (Phi) is 10.9. The van der Waals surface area contributed by atoms with Crippen molar-refractivity contribution in [3.63, 3.8) is 0 Å². The molecule has 13 heteroatoms. The summed E-state index contributed by atoms with van der Waals surface area (Å²) in [5.74, 6) is 0.610. The van der Waals surface area contributed by atoms with Crippen LogP contribution in [-0.2, 0) is 13.1 Å². The molecule has 0 saturated heterocycles. The van der Waals surface area contributed by atoms with Gasteiger partial charge in [0.25, 0.3) is 11.1 Å². The number of benzene rings is 2. The largest absolute Gasteiger partial charge is 0.335 e. The summed E-state index contributed by atoms with van der Waals surface area (Å²) in [6.07, 6.45) is 3.20. The number of Topliss-reactive ketones (excluding diaryl/α,β-unsaturated/α-hetero) is 2. The van der Waals surface area contributed by atoms with E-state index in [1.54, 1.807) is 18.5 Å². The van der Waals surface area contributed by atoms with Crippen molar-refractivity contribution in [1.29, 1.82) is 0 Å². The number of hydrogen-bond donors (Lipinski definition) is 3. The third-order valence-electron chi connectivity index (χ3n) is 7.72. The van der Waals surface area contributed by atoms with Gasteiger partial charge in [-0.15, -0.1) is 0 Å². The van der Waals surface area contributed by atoms with Crippen molar-refractivity contribution in [2.75, 3.05) is 10.6 Å². The van der Waals surface area contributed by atoms with Gasteiger partial charge in [0.15, 0.2) is 11.6 Å². The predicted octanol–water partition coefficient (Wildman–Crippen LogP) is 6.18. The lowest BCUT2D eigenvalue weighted by molar-refractivity contribution is 0.101. The van der Waals surface area contributed by atoms with Crippen LogP contribution in [0.2, 0.25) is 0 Å². The molecule has 6 rings (SSSR count). The highest BCUT2D eigenvalue weighted by atomic mass is 16.1. The third kappa shape index (κ3) is 7.46. The number of aromatic nitrogens is 7. The Balaban J connectivity index is 0.000000195. The smallest absolute Gasteiger partial charge is 0.291 e. The van der Waals surface area contributed by atoms with E-state index in [9.17, 15) is 19.2 Å². The second kappa shape index (κ2) is 15.6. The maximum Gasteiger partial charge on any atom is 0.291 e. The summed E-state index contributed by atoms with van der Waals surface area (Å²) in [7, 11) is 0. The van der Waals surface area contributed by atoms with Gasteiger partial charge in [0.2, 0.25) is 0 Å². The number of carbonyl (C=O) groups is 2. The first-order chi connectivity index (χ1) is 24.1. The lowest BCUT2D eigenvalue weighted by Gasteiger charge is -2.16. The molecule has 0 amide bonds. The average Bonchev–Trinajstić information content (AvgIpc) is 3.64. The summed E-state index contributed by atoms with van der Waals surface area (Å²) in [6.45, 7) is 9.22. The molecule has 254 valence electrons. The van der Waals surface area contributed by atoms with Gasteiger partial charge < -0.3 is 10.6 Å². The monoisotopic (exact) mass is 671 g/mol. The molecule has 50 heavy (non-hydrogen) atoms. The number of nitrogens with one attached hydrogen (secondary N) is 3. The highest BCUT2D eigenvalue weighted by molar-refractivity contribution is 6.06. The summed E-state index contributed by atoms with van der Waals surface area (Å²) in [6, 6.07) is 24.1. The molecule has 4 aromatic heterocycles. The van der Waals surface area contributed by atoms with Gasteiger partial charge in [-0.05, 0) is 46.2 Å². The average molecular weight is 672 g/mol. The van der Waals surface area contributed by atoms with Gasteiger partial charge >= 0.3 is 0 Å². The van der Waals surface area contributed by atoms with Crippen molar-refractivity contribution in [2.24, 2.45) is 0 Å². The molecule has 3 N–H and O–H groups in total. The van der Waals surface area contributed by atoms with Gasteiger partial charge in [-0.3, -0.25) is 24.3 Å². The molecule has 2 aromatic carbocycles. The van der Waals surface area contributed by atoms with Crippen molar-refractivity contribution in [2.45, 2.75) is 47.7 Å². The Morgan fingerprint density at radius 1 is 0.680 bits per heavy atom. The van der Waals surface area contributed by atoms with E-state index in [1.165, 1.54) is 23.2 Å². The summed E-state index contributed by atoms with van der Waals surface area (Å²) < 4.78 is 2.70. The zero-order chi connectivity index (χ0) is 35.8. The lowest BCUT2D eigenvalue weighted by atomic mass is 10.0. The molecule has 0 radical (unpaired) electrons. The number of rotatable bonds is 10. The number of hydrogen-bond acceptors (Lipinski definition) is 10. The number of nitrogens with zero attached hydrogens (tertiary/aromatic N) is 6. The van der Waals surface area contributed by atoms with Crippen molar-refractivity contribution in [3.8, 4) is 22.5 Å². The molecule has 0 spiro atoms. The van der Waals surface area contributed by atoms with Gasteiger partial charge in [0.05, 0.1) is 17.3 Å². The fourth-order valence-electron chi connectivity index (χ4n) is 5.28. The Bertz CT molecular complexity index is 2250. The van der Waals surface area contributed by atoms with Gasteiger partial charge in [-0.25, -0.2) is 14.3 Å². The van der Waals surface area contributed by atoms with Crippen LogP contribution < -0.4 is 21.8 Å². The zero-order valence-corrected chi connectivity index (χ0v) is 28.4. The highest BCUT2D eigenvalue weighted by Gasteiger charge is 2.23. The van der Waals surface area contributed by atoms with Crippen LogP contribution in [0.1, 0.15) is 54.0 Å². The number of anilines is 4. The third-order valence-corrected chi connectivity index (χ3v) is 7.72. The second-order valence-corrected chi connectivity index (χ2v) is 11.2. The van der Waals surface area contributed by atoms with Crippen LogP contribution in [0, 0.1) is 6.92 Å². The molecule has 0 bridgehead atoms. The molecule has 13 nitrogen and oxygen atoms in total. The minimum atomic E-state index is -0.350. The first-order valence-corrected chi connectivity index (χ1v) is 16.0. The summed E-state index contributed by atoms with van der Waals surface area (Å²) >= 11 is 0. The first kappa shape index (κ1) is 34.8. The van der Waals surface area contributed by atoms with E-state index in [4.69, 9.17) is 0 Å². The van der Waals surface area contributed by atoms with E-state index >= 15 is 0 Å². The Morgan fingerprint density at radius 3 is 1.60 bits per heavy atom. The van der Waals surface area contributed by atoms with Gasteiger partial charge in [-0.1, -0.05) is 66.7 Å². The number of H-pyrrole nitrogens is 1. The Morgan fingerprint density at radius 2 is 1.18 bits per heavy atom.